The second kappa shape index (κ2) is 9.99. The van der Waals surface area contributed by atoms with E-state index in [-0.39, 0.29) is 24.5 Å². The smallest absolute Gasteiger partial charge is 0.254 e. The third-order valence-corrected chi connectivity index (χ3v) is 3.02. The molecule has 1 aliphatic heterocycles. The number of hydrogen-bond acceptors (Lipinski definition) is 5. The number of carbonyl (C=O) groups is 4. The lowest BCUT2D eigenvalue weighted by Crippen LogP contribution is -2.49. The standard InChI is InChI=1S/C13H18N2O4.C2H6/c1-2-9(16)4-3-5-11(17)10(8-14)15-12(18)6-7-13(15)19;1-2/h6-7,10H,2-5,8,14H2,1H3;1-2H3. The number of imide groups is 1. The molecule has 0 radical (unpaired) electrons. The number of rotatable bonds is 8. The normalized spacial score (nSPS) is 14.8. The number of nitrogens with zero attached hydrogens (tertiary/aromatic N) is 1. The maximum atomic E-state index is 12.0. The van der Waals surface area contributed by atoms with Crippen LogP contribution in [0, 0.1) is 0 Å². The summed E-state index contributed by atoms with van der Waals surface area (Å²) in [6, 6.07) is -0.924. The van der Waals surface area contributed by atoms with Crippen LogP contribution in [-0.2, 0) is 19.2 Å². The van der Waals surface area contributed by atoms with E-state index in [1.165, 1.54) is 0 Å². The van der Waals surface area contributed by atoms with Gasteiger partial charge in [0.15, 0.2) is 5.78 Å². The molecule has 2 amide bonds. The lowest BCUT2D eigenvalue weighted by molar-refractivity contribution is -0.144. The van der Waals surface area contributed by atoms with E-state index in [4.69, 9.17) is 5.73 Å². The molecule has 6 nitrogen and oxygen atoms in total. The van der Waals surface area contributed by atoms with E-state index in [0.717, 1.165) is 17.1 Å². The molecule has 0 aromatic heterocycles. The van der Waals surface area contributed by atoms with Gasteiger partial charge in [0.2, 0.25) is 0 Å². The Morgan fingerprint density at radius 2 is 1.67 bits per heavy atom. The molecular formula is C15H24N2O4. The highest BCUT2D eigenvalue weighted by Crippen LogP contribution is 2.12. The van der Waals surface area contributed by atoms with Gasteiger partial charge < -0.3 is 5.73 Å². The maximum absolute atomic E-state index is 12.0. The van der Waals surface area contributed by atoms with E-state index in [2.05, 4.69) is 0 Å². The zero-order valence-corrected chi connectivity index (χ0v) is 12.9. The molecule has 0 bridgehead atoms. The molecule has 1 aliphatic rings. The SMILES string of the molecule is CC.CCC(=O)CCCC(=O)C(CN)N1C(=O)C=CC1=O. The van der Waals surface area contributed by atoms with Crippen LogP contribution in [0.25, 0.3) is 0 Å². The van der Waals surface area contributed by atoms with Gasteiger partial charge in [0.05, 0.1) is 0 Å². The number of ketones is 2. The average molecular weight is 296 g/mol. The highest BCUT2D eigenvalue weighted by atomic mass is 16.2. The predicted molar refractivity (Wildman–Crippen MR) is 79.3 cm³/mol. The van der Waals surface area contributed by atoms with Crippen molar-refractivity contribution in [3.05, 3.63) is 12.2 Å². The van der Waals surface area contributed by atoms with Crippen molar-refractivity contribution in [2.45, 2.75) is 52.5 Å². The summed E-state index contributed by atoms with van der Waals surface area (Å²) in [7, 11) is 0. The summed E-state index contributed by atoms with van der Waals surface area (Å²) >= 11 is 0. The van der Waals surface area contributed by atoms with Crippen LogP contribution in [0.5, 0.6) is 0 Å². The Labute approximate surface area is 125 Å². The summed E-state index contributed by atoms with van der Waals surface area (Å²) in [5.41, 5.74) is 5.47. The van der Waals surface area contributed by atoms with E-state index >= 15 is 0 Å². The van der Waals surface area contributed by atoms with Crippen LogP contribution in [0.3, 0.4) is 0 Å². The first-order chi connectivity index (χ1) is 10.0. The molecule has 0 aliphatic carbocycles. The van der Waals surface area contributed by atoms with Gasteiger partial charge in [0, 0.05) is 38.0 Å². The molecule has 1 unspecified atom stereocenters. The molecule has 1 rings (SSSR count). The van der Waals surface area contributed by atoms with Crippen LogP contribution >= 0.6 is 0 Å². The summed E-state index contributed by atoms with van der Waals surface area (Å²) in [5.74, 6) is -1.22. The fourth-order valence-corrected chi connectivity index (χ4v) is 1.90. The van der Waals surface area contributed by atoms with Gasteiger partial charge in [-0.1, -0.05) is 20.8 Å². The first-order valence-corrected chi connectivity index (χ1v) is 7.31. The van der Waals surface area contributed by atoms with Crippen molar-refractivity contribution in [1.82, 2.24) is 4.90 Å². The molecule has 0 fully saturated rings. The van der Waals surface area contributed by atoms with E-state index in [1.807, 2.05) is 13.8 Å². The summed E-state index contributed by atoms with van der Waals surface area (Å²) < 4.78 is 0. The number of amides is 2. The minimum absolute atomic E-state index is 0.0899. The molecule has 1 atom stereocenters. The lowest BCUT2D eigenvalue weighted by atomic mass is 10.0. The second-order valence-corrected chi connectivity index (χ2v) is 4.34. The van der Waals surface area contributed by atoms with Crippen LogP contribution in [0.2, 0.25) is 0 Å². The zero-order chi connectivity index (χ0) is 16.4. The van der Waals surface area contributed by atoms with Crippen LogP contribution < -0.4 is 5.73 Å². The molecule has 0 spiro atoms. The maximum Gasteiger partial charge on any atom is 0.254 e. The Hall–Kier alpha value is -1.82. The summed E-state index contributed by atoms with van der Waals surface area (Å²) in [6.07, 6.45) is 3.59. The fraction of sp³-hybridized carbons (Fsp3) is 0.600. The quantitative estimate of drug-likeness (QED) is 0.673. The van der Waals surface area contributed by atoms with Gasteiger partial charge in [-0.15, -0.1) is 0 Å². The molecule has 6 heteroatoms. The molecule has 118 valence electrons. The number of Topliss-reactive ketones (excluding diaryl/α,β-unsaturated/α-hetero) is 2. The molecule has 0 aromatic rings. The van der Waals surface area contributed by atoms with Gasteiger partial charge in [-0.2, -0.15) is 0 Å². The van der Waals surface area contributed by atoms with Crippen molar-refractivity contribution in [2.75, 3.05) is 6.54 Å². The van der Waals surface area contributed by atoms with Crippen LogP contribution in [0.1, 0.15) is 46.5 Å². The lowest BCUT2D eigenvalue weighted by Gasteiger charge is -2.23. The number of nitrogens with two attached hydrogens (primary N) is 1. The molecule has 21 heavy (non-hydrogen) atoms. The predicted octanol–water partition coefficient (Wildman–Crippen LogP) is 0.983. The van der Waals surface area contributed by atoms with E-state index < -0.39 is 17.9 Å². The van der Waals surface area contributed by atoms with Crippen molar-refractivity contribution in [2.24, 2.45) is 5.73 Å². The van der Waals surface area contributed by atoms with Crippen molar-refractivity contribution >= 4 is 23.4 Å². The first-order valence-electron chi connectivity index (χ1n) is 7.31. The largest absolute Gasteiger partial charge is 0.328 e. The molecular weight excluding hydrogens is 272 g/mol. The fourth-order valence-electron chi connectivity index (χ4n) is 1.90. The third kappa shape index (κ3) is 5.59. The average Bonchev–Trinajstić information content (AvgIpc) is 2.82. The molecule has 2 N–H and O–H groups in total. The Morgan fingerprint density at radius 1 is 1.14 bits per heavy atom. The Morgan fingerprint density at radius 3 is 2.10 bits per heavy atom. The van der Waals surface area contributed by atoms with E-state index in [1.54, 1.807) is 6.92 Å². The highest BCUT2D eigenvalue weighted by molar-refractivity contribution is 6.15. The van der Waals surface area contributed by atoms with E-state index in [0.29, 0.717) is 19.3 Å². The molecule has 0 aromatic carbocycles. The summed E-state index contributed by atoms with van der Waals surface area (Å²) in [5, 5.41) is 0. The first kappa shape index (κ1) is 19.2. The van der Waals surface area contributed by atoms with Crippen molar-refractivity contribution in [1.29, 1.82) is 0 Å². The zero-order valence-electron chi connectivity index (χ0n) is 12.9. The van der Waals surface area contributed by atoms with Crippen LogP contribution in [0.4, 0.5) is 0 Å². The minimum atomic E-state index is -0.924. The molecule has 0 saturated carbocycles. The minimum Gasteiger partial charge on any atom is -0.328 e. The van der Waals surface area contributed by atoms with Crippen LogP contribution in [-0.4, -0.2) is 40.9 Å². The van der Waals surface area contributed by atoms with Gasteiger partial charge in [0.25, 0.3) is 11.8 Å². The van der Waals surface area contributed by atoms with Gasteiger partial charge >= 0.3 is 0 Å². The molecule has 0 saturated heterocycles. The monoisotopic (exact) mass is 296 g/mol. The van der Waals surface area contributed by atoms with E-state index in [9.17, 15) is 19.2 Å². The van der Waals surface area contributed by atoms with Gasteiger partial charge in [-0.3, -0.25) is 24.1 Å². The van der Waals surface area contributed by atoms with Gasteiger partial charge in [-0.25, -0.2) is 0 Å². The Kier molecular flexibility index (Phi) is 9.12. The summed E-state index contributed by atoms with van der Waals surface area (Å²) in [4.78, 5) is 46.9. The van der Waals surface area contributed by atoms with Gasteiger partial charge in [0.1, 0.15) is 11.8 Å². The Bertz CT molecular complexity index is 411. The third-order valence-electron chi connectivity index (χ3n) is 3.02. The Balaban J connectivity index is 0.00000191. The second-order valence-electron chi connectivity index (χ2n) is 4.34. The van der Waals surface area contributed by atoms with Crippen molar-refractivity contribution < 1.29 is 19.2 Å². The van der Waals surface area contributed by atoms with Crippen LogP contribution in [0.15, 0.2) is 12.2 Å². The van der Waals surface area contributed by atoms with Gasteiger partial charge in [-0.05, 0) is 6.42 Å². The topological polar surface area (TPSA) is 97.5 Å². The van der Waals surface area contributed by atoms with Crippen molar-refractivity contribution in [3.8, 4) is 0 Å². The number of hydrogen-bond donors (Lipinski definition) is 1. The molecule has 1 heterocycles. The summed E-state index contributed by atoms with van der Waals surface area (Å²) in [6.45, 7) is 5.67. The highest BCUT2D eigenvalue weighted by Gasteiger charge is 2.34. The number of carbonyl (C=O) groups excluding carboxylic acids is 4. The van der Waals surface area contributed by atoms with Crippen molar-refractivity contribution in [3.63, 3.8) is 0 Å².